The molecular weight excluding hydrogens is 440 g/mol. The molecule has 0 unspecified atom stereocenters. The van der Waals surface area contributed by atoms with Crippen LogP contribution in [0.4, 0.5) is 5.69 Å². The van der Waals surface area contributed by atoms with Gasteiger partial charge in [-0.3, -0.25) is 4.79 Å². The Bertz CT molecular complexity index is 913. The third-order valence-electron chi connectivity index (χ3n) is 3.98. The molecule has 0 bridgehead atoms. The van der Waals surface area contributed by atoms with Crippen molar-refractivity contribution in [3.05, 3.63) is 63.9 Å². The van der Waals surface area contributed by atoms with Gasteiger partial charge in [-0.1, -0.05) is 72.7 Å². The van der Waals surface area contributed by atoms with E-state index in [4.69, 9.17) is 0 Å². The summed E-state index contributed by atoms with van der Waals surface area (Å²) in [6.07, 6.45) is 0. The first-order valence-electron chi connectivity index (χ1n) is 8.56. The summed E-state index contributed by atoms with van der Waals surface area (Å²) in [5.74, 6) is 0.317. The number of thioether (sulfide) groups is 1. The first-order chi connectivity index (χ1) is 12.8. The van der Waals surface area contributed by atoms with Gasteiger partial charge >= 0.3 is 0 Å². The number of carbonyl (C=O) groups is 1. The Kier molecular flexibility index (Phi) is 6.40. The van der Waals surface area contributed by atoms with E-state index in [1.54, 1.807) is 11.3 Å². The molecule has 3 aromatic rings. The molecule has 3 nitrogen and oxygen atoms in total. The molecule has 2 aromatic carbocycles. The van der Waals surface area contributed by atoms with E-state index < -0.39 is 0 Å². The number of carbonyl (C=O) groups excluding carboxylic acids is 1. The van der Waals surface area contributed by atoms with Crippen molar-refractivity contribution < 1.29 is 4.79 Å². The molecule has 140 valence electrons. The quantitative estimate of drug-likeness (QED) is 0.435. The topological polar surface area (TPSA) is 42.0 Å². The first-order valence-corrected chi connectivity index (χ1v) is 11.2. The Hall–Kier alpha value is -1.63. The summed E-state index contributed by atoms with van der Waals surface area (Å²) >= 11 is 6.46. The minimum Gasteiger partial charge on any atom is -0.325 e. The number of hydrogen-bond donors (Lipinski definition) is 1. The molecule has 0 fully saturated rings. The third kappa shape index (κ3) is 5.67. The minimum absolute atomic E-state index is 0.0242. The van der Waals surface area contributed by atoms with Crippen LogP contribution >= 0.6 is 39.0 Å². The van der Waals surface area contributed by atoms with Crippen LogP contribution in [0.2, 0.25) is 0 Å². The number of anilines is 1. The Morgan fingerprint density at radius 1 is 1.11 bits per heavy atom. The predicted molar refractivity (Wildman–Crippen MR) is 120 cm³/mol. The van der Waals surface area contributed by atoms with Gasteiger partial charge in [0.1, 0.15) is 0 Å². The molecular formula is C21H21BrN2OS2. The van der Waals surface area contributed by atoms with Crippen molar-refractivity contribution >= 4 is 50.6 Å². The number of thiazole rings is 1. The molecule has 0 saturated heterocycles. The van der Waals surface area contributed by atoms with Crippen LogP contribution in [0.3, 0.4) is 0 Å². The van der Waals surface area contributed by atoms with Gasteiger partial charge in [-0.2, -0.15) is 0 Å². The van der Waals surface area contributed by atoms with Crippen LogP contribution in [0, 0.1) is 0 Å². The molecule has 0 saturated carbocycles. The number of nitrogens with one attached hydrogen (secondary N) is 1. The second kappa shape index (κ2) is 8.59. The lowest BCUT2D eigenvalue weighted by molar-refractivity contribution is -0.113. The lowest BCUT2D eigenvalue weighted by Gasteiger charge is -2.19. The highest BCUT2D eigenvalue weighted by Gasteiger charge is 2.13. The standard InChI is InChI=1S/C21H21BrN2OS2/c1-21(2,3)15-6-10-17(11-7-15)23-19(25)13-27-20-24-18(12-26-20)14-4-8-16(22)9-5-14/h4-12H,13H2,1-3H3,(H,23,25). The second-order valence-electron chi connectivity index (χ2n) is 7.17. The summed E-state index contributed by atoms with van der Waals surface area (Å²) in [6, 6.07) is 16.1. The normalized spacial score (nSPS) is 11.4. The Morgan fingerprint density at radius 2 is 1.78 bits per heavy atom. The van der Waals surface area contributed by atoms with E-state index in [1.165, 1.54) is 17.3 Å². The zero-order valence-electron chi connectivity index (χ0n) is 15.5. The summed E-state index contributed by atoms with van der Waals surface area (Å²) in [6.45, 7) is 6.52. The molecule has 0 atom stereocenters. The van der Waals surface area contributed by atoms with Gasteiger partial charge in [-0.15, -0.1) is 11.3 Å². The largest absolute Gasteiger partial charge is 0.325 e. The highest BCUT2D eigenvalue weighted by molar-refractivity contribution is 9.10. The molecule has 0 spiro atoms. The fraction of sp³-hybridized carbons (Fsp3) is 0.238. The molecule has 0 aliphatic heterocycles. The van der Waals surface area contributed by atoms with E-state index in [9.17, 15) is 4.79 Å². The zero-order chi connectivity index (χ0) is 19.4. The molecule has 0 radical (unpaired) electrons. The van der Waals surface area contributed by atoms with E-state index in [-0.39, 0.29) is 11.3 Å². The summed E-state index contributed by atoms with van der Waals surface area (Å²) in [4.78, 5) is 16.8. The maximum absolute atomic E-state index is 12.2. The number of halogens is 1. The summed E-state index contributed by atoms with van der Waals surface area (Å²) in [7, 11) is 0. The Morgan fingerprint density at radius 3 is 2.41 bits per heavy atom. The average molecular weight is 461 g/mol. The minimum atomic E-state index is -0.0242. The van der Waals surface area contributed by atoms with Gasteiger partial charge in [0, 0.05) is 21.1 Å². The molecule has 1 N–H and O–H groups in total. The van der Waals surface area contributed by atoms with Gasteiger partial charge in [0.15, 0.2) is 4.34 Å². The van der Waals surface area contributed by atoms with Gasteiger partial charge in [0.25, 0.3) is 0 Å². The molecule has 6 heteroatoms. The summed E-state index contributed by atoms with van der Waals surface area (Å²) in [5.41, 5.74) is 4.19. The van der Waals surface area contributed by atoms with Crippen molar-refractivity contribution in [2.75, 3.05) is 11.1 Å². The molecule has 1 heterocycles. The molecule has 0 aliphatic carbocycles. The smallest absolute Gasteiger partial charge is 0.234 e. The van der Waals surface area contributed by atoms with E-state index in [2.05, 4.69) is 59.1 Å². The number of aromatic nitrogens is 1. The molecule has 1 amide bonds. The van der Waals surface area contributed by atoms with Gasteiger partial charge in [0.2, 0.25) is 5.91 Å². The summed E-state index contributed by atoms with van der Waals surface area (Å²) < 4.78 is 1.94. The number of rotatable bonds is 5. The number of hydrogen-bond acceptors (Lipinski definition) is 4. The predicted octanol–water partition coefficient (Wildman–Crippen LogP) is 6.60. The van der Waals surface area contributed by atoms with E-state index in [0.717, 1.165) is 25.8 Å². The van der Waals surface area contributed by atoms with Crippen molar-refractivity contribution in [1.29, 1.82) is 0 Å². The second-order valence-corrected chi connectivity index (χ2v) is 10.2. The first kappa shape index (κ1) is 20.1. The fourth-order valence-corrected chi connectivity index (χ4v) is 4.35. The zero-order valence-corrected chi connectivity index (χ0v) is 18.7. The molecule has 1 aromatic heterocycles. The third-order valence-corrected chi connectivity index (χ3v) is 6.53. The monoisotopic (exact) mass is 460 g/mol. The van der Waals surface area contributed by atoms with Crippen molar-refractivity contribution in [3.8, 4) is 11.3 Å². The number of nitrogens with zero attached hydrogens (tertiary/aromatic N) is 1. The van der Waals surface area contributed by atoms with Crippen molar-refractivity contribution in [3.63, 3.8) is 0 Å². The van der Waals surface area contributed by atoms with Crippen LogP contribution in [-0.4, -0.2) is 16.6 Å². The highest BCUT2D eigenvalue weighted by Crippen LogP contribution is 2.29. The van der Waals surface area contributed by atoms with Crippen LogP contribution in [-0.2, 0) is 10.2 Å². The van der Waals surface area contributed by atoms with Crippen LogP contribution in [0.1, 0.15) is 26.3 Å². The number of benzene rings is 2. The highest BCUT2D eigenvalue weighted by atomic mass is 79.9. The van der Waals surface area contributed by atoms with Gasteiger partial charge in [-0.25, -0.2) is 4.98 Å². The maximum atomic E-state index is 12.2. The van der Waals surface area contributed by atoms with Crippen LogP contribution in [0.15, 0.2) is 62.7 Å². The van der Waals surface area contributed by atoms with Crippen molar-refractivity contribution in [1.82, 2.24) is 4.98 Å². The fourth-order valence-electron chi connectivity index (χ4n) is 2.45. The lowest BCUT2D eigenvalue weighted by Crippen LogP contribution is -2.15. The van der Waals surface area contributed by atoms with E-state index in [0.29, 0.717) is 5.75 Å². The van der Waals surface area contributed by atoms with Crippen LogP contribution in [0.5, 0.6) is 0 Å². The van der Waals surface area contributed by atoms with Crippen molar-refractivity contribution in [2.24, 2.45) is 0 Å². The Balaban J connectivity index is 1.54. The molecule has 3 rings (SSSR count). The SMILES string of the molecule is CC(C)(C)c1ccc(NC(=O)CSc2nc(-c3ccc(Br)cc3)cs2)cc1. The Labute approximate surface area is 176 Å². The van der Waals surface area contributed by atoms with E-state index in [1.807, 2.05) is 41.8 Å². The van der Waals surface area contributed by atoms with Crippen LogP contribution in [0.25, 0.3) is 11.3 Å². The average Bonchev–Trinajstić information content (AvgIpc) is 3.09. The van der Waals surface area contributed by atoms with Gasteiger partial charge in [-0.05, 0) is 35.2 Å². The summed E-state index contributed by atoms with van der Waals surface area (Å²) in [5, 5.41) is 4.97. The maximum Gasteiger partial charge on any atom is 0.234 e. The van der Waals surface area contributed by atoms with Crippen LogP contribution < -0.4 is 5.32 Å². The van der Waals surface area contributed by atoms with E-state index >= 15 is 0 Å². The van der Waals surface area contributed by atoms with Gasteiger partial charge < -0.3 is 5.32 Å². The van der Waals surface area contributed by atoms with Crippen molar-refractivity contribution in [2.45, 2.75) is 30.5 Å². The molecule has 27 heavy (non-hydrogen) atoms. The number of amides is 1. The lowest BCUT2D eigenvalue weighted by atomic mass is 9.87. The molecule has 0 aliphatic rings. The van der Waals surface area contributed by atoms with Gasteiger partial charge in [0.05, 0.1) is 11.4 Å².